The summed E-state index contributed by atoms with van der Waals surface area (Å²) in [6.07, 6.45) is 2.06. The lowest BCUT2D eigenvalue weighted by atomic mass is 9.86. The van der Waals surface area contributed by atoms with E-state index in [4.69, 9.17) is 5.26 Å². The van der Waals surface area contributed by atoms with E-state index in [1.54, 1.807) is 0 Å². The number of hydrogen-bond acceptors (Lipinski definition) is 2. The summed E-state index contributed by atoms with van der Waals surface area (Å²) in [6.45, 7) is 9.62. The van der Waals surface area contributed by atoms with E-state index in [1.807, 2.05) is 34.6 Å². The summed E-state index contributed by atoms with van der Waals surface area (Å²) in [6, 6.07) is 2.21. The van der Waals surface area contributed by atoms with E-state index in [2.05, 4.69) is 11.4 Å². The monoisotopic (exact) mass is 210 g/mol. The Morgan fingerprint density at radius 1 is 1.20 bits per heavy atom. The first-order valence-electron chi connectivity index (χ1n) is 5.61. The topological polar surface area (TPSA) is 52.9 Å². The van der Waals surface area contributed by atoms with E-state index < -0.39 is 11.0 Å². The van der Waals surface area contributed by atoms with Crippen molar-refractivity contribution in [2.24, 2.45) is 5.41 Å². The lowest BCUT2D eigenvalue weighted by Gasteiger charge is -2.30. The second-order valence-electron chi connectivity index (χ2n) is 4.59. The van der Waals surface area contributed by atoms with E-state index in [0.29, 0.717) is 12.8 Å². The van der Waals surface area contributed by atoms with Gasteiger partial charge in [0.1, 0.15) is 5.54 Å². The van der Waals surface area contributed by atoms with E-state index in [-0.39, 0.29) is 5.91 Å². The van der Waals surface area contributed by atoms with E-state index in [9.17, 15) is 4.79 Å². The Bertz CT molecular complexity index is 259. The highest BCUT2D eigenvalue weighted by Gasteiger charge is 2.33. The summed E-state index contributed by atoms with van der Waals surface area (Å²) in [5, 5.41) is 12.0. The molecule has 0 radical (unpaired) electrons. The van der Waals surface area contributed by atoms with Crippen molar-refractivity contribution in [1.29, 1.82) is 5.26 Å². The molecule has 0 spiro atoms. The molecule has 3 heteroatoms. The van der Waals surface area contributed by atoms with Gasteiger partial charge in [-0.15, -0.1) is 0 Å². The quantitative estimate of drug-likeness (QED) is 0.758. The first-order valence-corrected chi connectivity index (χ1v) is 5.61. The highest BCUT2D eigenvalue weighted by Crippen LogP contribution is 2.23. The number of amides is 1. The van der Waals surface area contributed by atoms with Crippen molar-refractivity contribution in [3.8, 4) is 6.07 Å². The van der Waals surface area contributed by atoms with Crippen LogP contribution >= 0.6 is 0 Å². The highest BCUT2D eigenvalue weighted by molar-refractivity contribution is 5.82. The lowest BCUT2D eigenvalue weighted by Crippen LogP contribution is -2.51. The van der Waals surface area contributed by atoms with Crippen molar-refractivity contribution in [1.82, 2.24) is 5.32 Å². The Morgan fingerprint density at radius 2 is 1.67 bits per heavy atom. The zero-order chi connectivity index (χ0) is 12.1. The normalized spacial score (nSPS) is 12.0. The lowest BCUT2D eigenvalue weighted by molar-refractivity contribution is -0.131. The van der Waals surface area contributed by atoms with Crippen LogP contribution in [-0.4, -0.2) is 11.4 Å². The molecule has 0 unspecified atom stereocenters. The Hall–Kier alpha value is -1.04. The first kappa shape index (κ1) is 14.0. The Balaban J connectivity index is 4.72. The third kappa shape index (κ3) is 3.23. The molecule has 0 rings (SSSR count). The maximum absolute atomic E-state index is 11.9. The molecule has 0 bridgehead atoms. The summed E-state index contributed by atoms with van der Waals surface area (Å²) in [4.78, 5) is 11.9. The van der Waals surface area contributed by atoms with Crippen molar-refractivity contribution in [3.05, 3.63) is 0 Å². The van der Waals surface area contributed by atoms with E-state index in [1.165, 1.54) is 0 Å². The van der Waals surface area contributed by atoms with Gasteiger partial charge in [0.25, 0.3) is 0 Å². The molecular weight excluding hydrogens is 188 g/mol. The van der Waals surface area contributed by atoms with Crippen LogP contribution in [0.4, 0.5) is 0 Å². The summed E-state index contributed by atoms with van der Waals surface area (Å²) in [5.41, 5.74) is -1.09. The number of nitrogens with zero attached hydrogens (tertiary/aromatic N) is 1. The van der Waals surface area contributed by atoms with Crippen molar-refractivity contribution in [2.75, 3.05) is 0 Å². The Kier molecular flexibility index (Phi) is 4.80. The number of nitrogens with one attached hydrogen (secondary N) is 1. The molecule has 0 fully saturated rings. The van der Waals surface area contributed by atoms with Gasteiger partial charge in [0.05, 0.1) is 6.07 Å². The van der Waals surface area contributed by atoms with Crippen LogP contribution in [0, 0.1) is 16.7 Å². The molecule has 0 heterocycles. The number of rotatable bonds is 5. The molecule has 15 heavy (non-hydrogen) atoms. The SMILES string of the molecule is CCC(C#N)(CC)NC(=O)C(C)(C)CC. The molecule has 0 aromatic heterocycles. The maximum atomic E-state index is 11.9. The van der Waals surface area contributed by atoms with E-state index in [0.717, 1.165) is 6.42 Å². The summed E-state index contributed by atoms with van der Waals surface area (Å²) in [5.74, 6) is -0.0322. The minimum atomic E-state index is -0.691. The predicted octanol–water partition coefficient (Wildman–Crippen LogP) is 2.62. The van der Waals surface area contributed by atoms with Gasteiger partial charge in [0, 0.05) is 5.41 Å². The van der Waals surface area contributed by atoms with Gasteiger partial charge in [-0.3, -0.25) is 4.79 Å². The van der Waals surface area contributed by atoms with Gasteiger partial charge in [-0.25, -0.2) is 0 Å². The van der Waals surface area contributed by atoms with Crippen LogP contribution in [0.1, 0.15) is 53.9 Å². The summed E-state index contributed by atoms with van der Waals surface area (Å²) in [7, 11) is 0. The van der Waals surface area contributed by atoms with Crippen LogP contribution in [-0.2, 0) is 4.79 Å². The van der Waals surface area contributed by atoms with Crippen molar-refractivity contribution in [3.63, 3.8) is 0 Å². The average Bonchev–Trinajstić information content (AvgIpc) is 2.25. The van der Waals surface area contributed by atoms with Gasteiger partial charge in [-0.1, -0.05) is 34.6 Å². The highest BCUT2D eigenvalue weighted by atomic mass is 16.2. The second kappa shape index (κ2) is 5.16. The van der Waals surface area contributed by atoms with Gasteiger partial charge in [-0.2, -0.15) is 5.26 Å². The molecule has 0 aromatic rings. The zero-order valence-corrected chi connectivity index (χ0v) is 10.5. The van der Waals surface area contributed by atoms with Gasteiger partial charge >= 0.3 is 0 Å². The van der Waals surface area contributed by atoms with Crippen LogP contribution in [0.15, 0.2) is 0 Å². The van der Waals surface area contributed by atoms with Crippen molar-refractivity contribution < 1.29 is 4.79 Å². The van der Waals surface area contributed by atoms with Gasteiger partial charge in [0.2, 0.25) is 5.91 Å². The molecule has 0 aliphatic carbocycles. The minimum absolute atomic E-state index is 0.0322. The second-order valence-corrected chi connectivity index (χ2v) is 4.59. The van der Waals surface area contributed by atoms with Crippen LogP contribution < -0.4 is 5.32 Å². The Labute approximate surface area is 92.9 Å². The van der Waals surface area contributed by atoms with Crippen molar-refractivity contribution in [2.45, 2.75) is 59.4 Å². The molecule has 0 saturated carbocycles. The molecule has 0 aliphatic rings. The maximum Gasteiger partial charge on any atom is 0.226 e. The number of hydrogen-bond donors (Lipinski definition) is 1. The standard InChI is InChI=1S/C12H22N2O/c1-6-11(4,5)10(15)14-12(7-2,8-3)9-13/h6-8H2,1-5H3,(H,14,15). The molecule has 0 saturated heterocycles. The molecule has 1 N–H and O–H groups in total. The molecular formula is C12H22N2O. The average molecular weight is 210 g/mol. The van der Waals surface area contributed by atoms with E-state index >= 15 is 0 Å². The fourth-order valence-corrected chi connectivity index (χ4v) is 1.16. The smallest absolute Gasteiger partial charge is 0.226 e. The number of carbonyl (C=O) groups excluding carboxylic acids is 1. The molecule has 86 valence electrons. The molecule has 1 amide bonds. The number of carbonyl (C=O) groups is 1. The van der Waals surface area contributed by atoms with Gasteiger partial charge in [0.15, 0.2) is 0 Å². The van der Waals surface area contributed by atoms with Crippen LogP contribution in [0.3, 0.4) is 0 Å². The van der Waals surface area contributed by atoms with Crippen LogP contribution in [0.2, 0.25) is 0 Å². The van der Waals surface area contributed by atoms with Gasteiger partial charge in [-0.05, 0) is 19.3 Å². The Morgan fingerprint density at radius 3 is 1.93 bits per heavy atom. The fourth-order valence-electron chi connectivity index (χ4n) is 1.16. The fraction of sp³-hybridized carbons (Fsp3) is 0.833. The van der Waals surface area contributed by atoms with Crippen LogP contribution in [0.25, 0.3) is 0 Å². The minimum Gasteiger partial charge on any atom is -0.337 e. The molecule has 0 aromatic carbocycles. The van der Waals surface area contributed by atoms with Crippen molar-refractivity contribution >= 4 is 5.91 Å². The predicted molar refractivity (Wildman–Crippen MR) is 61.1 cm³/mol. The molecule has 0 aliphatic heterocycles. The van der Waals surface area contributed by atoms with Gasteiger partial charge < -0.3 is 5.32 Å². The summed E-state index contributed by atoms with van der Waals surface area (Å²) < 4.78 is 0. The third-order valence-corrected chi connectivity index (χ3v) is 3.27. The third-order valence-electron chi connectivity index (χ3n) is 3.27. The number of nitriles is 1. The largest absolute Gasteiger partial charge is 0.337 e. The molecule has 3 nitrogen and oxygen atoms in total. The zero-order valence-electron chi connectivity index (χ0n) is 10.5. The molecule has 0 atom stereocenters. The summed E-state index contributed by atoms with van der Waals surface area (Å²) >= 11 is 0. The first-order chi connectivity index (χ1) is 6.87. The van der Waals surface area contributed by atoms with Crippen LogP contribution in [0.5, 0.6) is 0 Å².